The van der Waals surface area contributed by atoms with Gasteiger partial charge in [-0.1, -0.05) is 48.1 Å². The van der Waals surface area contributed by atoms with Gasteiger partial charge in [-0.05, 0) is 23.3 Å². The van der Waals surface area contributed by atoms with Gasteiger partial charge in [-0.2, -0.15) is 0 Å². The van der Waals surface area contributed by atoms with E-state index in [1.54, 1.807) is 24.3 Å². The maximum absolute atomic E-state index is 10.6. The highest BCUT2D eigenvalue weighted by Gasteiger charge is 2.06. The normalized spacial score (nSPS) is 10.2. The van der Waals surface area contributed by atoms with Crippen LogP contribution in [0.15, 0.2) is 48.5 Å². The SMILES string of the molecule is O=[N+]([O-])c1ccc(CSC(=S)c2ccc(Cl)cc2)cc1. The summed E-state index contributed by atoms with van der Waals surface area (Å²) in [6.07, 6.45) is 0. The molecule has 0 atom stereocenters. The summed E-state index contributed by atoms with van der Waals surface area (Å²) in [5, 5.41) is 11.2. The molecule has 0 radical (unpaired) electrons. The Bertz CT molecular complexity index is 627. The van der Waals surface area contributed by atoms with E-state index in [9.17, 15) is 10.1 Å². The fourth-order valence-corrected chi connectivity index (χ4v) is 2.76. The number of hydrogen-bond acceptors (Lipinski definition) is 4. The van der Waals surface area contributed by atoms with Crippen molar-refractivity contribution in [2.24, 2.45) is 0 Å². The van der Waals surface area contributed by atoms with Crippen molar-refractivity contribution in [2.75, 3.05) is 0 Å². The van der Waals surface area contributed by atoms with Crippen molar-refractivity contribution in [1.29, 1.82) is 0 Å². The average Bonchev–Trinajstić information content (AvgIpc) is 2.46. The number of thioether (sulfide) groups is 1. The molecule has 2 rings (SSSR count). The molecule has 2 aromatic carbocycles. The maximum atomic E-state index is 10.6. The van der Waals surface area contributed by atoms with E-state index in [2.05, 4.69) is 0 Å². The van der Waals surface area contributed by atoms with E-state index in [4.69, 9.17) is 23.8 Å². The van der Waals surface area contributed by atoms with Crippen LogP contribution in [0.2, 0.25) is 5.02 Å². The molecule has 0 aromatic heterocycles. The molecule has 3 nitrogen and oxygen atoms in total. The van der Waals surface area contributed by atoms with Gasteiger partial charge in [-0.3, -0.25) is 10.1 Å². The number of nitrogens with zero attached hydrogens (tertiary/aromatic N) is 1. The number of hydrogen-bond donors (Lipinski definition) is 0. The summed E-state index contributed by atoms with van der Waals surface area (Å²) in [7, 11) is 0. The number of nitro groups is 1. The van der Waals surface area contributed by atoms with Gasteiger partial charge in [0.1, 0.15) is 0 Å². The van der Waals surface area contributed by atoms with Crippen LogP contribution in [0.1, 0.15) is 11.1 Å². The Labute approximate surface area is 131 Å². The van der Waals surface area contributed by atoms with Crippen LogP contribution in [0.4, 0.5) is 5.69 Å². The lowest BCUT2D eigenvalue weighted by molar-refractivity contribution is -0.384. The van der Waals surface area contributed by atoms with Crippen molar-refractivity contribution >= 4 is 45.5 Å². The lowest BCUT2D eigenvalue weighted by Crippen LogP contribution is -1.93. The van der Waals surface area contributed by atoms with Crippen LogP contribution >= 0.6 is 35.6 Å². The summed E-state index contributed by atoms with van der Waals surface area (Å²) in [5.41, 5.74) is 2.05. The van der Waals surface area contributed by atoms with Crippen molar-refractivity contribution < 1.29 is 4.92 Å². The van der Waals surface area contributed by atoms with Gasteiger partial charge >= 0.3 is 0 Å². The van der Waals surface area contributed by atoms with Gasteiger partial charge in [0.05, 0.1) is 9.12 Å². The molecule has 0 unspecified atom stereocenters. The van der Waals surface area contributed by atoms with Crippen molar-refractivity contribution in [3.63, 3.8) is 0 Å². The number of thiocarbonyl (C=S) groups is 1. The Kier molecular flexibility index (Phi) is 5.11. The molecule has 20 heavy (non-hydrogen) atoms. The molecule has 0 aliphatic rings. The molecule has 102 valence electrons. The molecular formula is C14H10ClNO2S2. The Balaban J connectivity index is 1.96. The van der Waals surface area contributed by atoms with Crippen LogP contribution in [0.25, 0.3) is 0 Å². The number of halogens is 1. The quantitative estimate of drug-likeness (QED) is 0.458. The molecule has 0 N–H and O–H groups in total. The topological polar surface area (TPSA) is 43.1 Å². The van der Waals surface area contributed by atoms with E-state index in [0.717, 1.165) is 15.3 Å². The standard InChI is InChI=1S/C14H10ClNO2S2/c15-12-5-3-11(4-6-12)14(19)20-9-10-1-7-13(8-2-10)16(17)18/h1-8H,9H2. The van der Waals surface area contributed by atoms with E-state index in [1.807, 2.05) is 12.1 Å². The van der Waals surface area contributed by atoms with Crippen LogP contribution in [-0.4, -0.2) is 9.12 Å². The monoisotopic (exact) mass is 323 g/mol. The Morgan fingerprint density at radius 1 is 1.15 bits per heavy atom. The van der Waals surface area contributed by atoms with E-state index in [-0.39, 0.29) is 5.69 Å². The first-order valence-electron chi connectivity index (χ1n) is 5.72. The predicted octanol–water partition coefficient (Wildman–Crippen LogP) is 4.86. The highest BCUT2D eigenvalue weighted by Crippen LogP contribution is 2.22. The van der Waals surface area contributed by atoms with Gasteiger partial charge in [0.15, 0.2) is 0 Å². The predicted molar refractivity (Wildman–Crippen MR) is 87.5 cm³/mol. The summed E-state index contributed by atoms with van der Waals surface area (Å²) in [4.78, 5) is 10.2. The molecule has 6 heteroatoms. The van der Waals surface area contributed by atoms with Gasteiger partial charge in [0.25, 0.3) is 5.69 Å². The first-order chi connectivity index (χ1) is 9.56. The fourth-order valence-electron chi connectivity index (χ4n) is 1.53. The molecule has 2 aromatic rings. The zero-order valence-corrected chi connectivity index (χ0v) is 12.7. The molecular weight excluding hydrogens is 314 g/mol. The summed E-state index contributed by atoms with van der Waals surface area (Å²) in [5.74, 6) is 0.680. The Hall–Kier alpha value is -1.43. The third kappa shape index (κ3) is 4.03. The van der Waals surface area contributed by atoms with Crippen LogP contribution < -0.4 is 0 Å². The van der Waals surface area contributed by atoms with Crippen molar-refractivity contribution in [3.05, 3.63) is 74.8 Å². The Morgan fingerprint density at radius 3 is 2.30 bits per heavy atom. The second-order valence-corrected chi connectivity index (χ2v) is 6.10. The first kappa shape index (κ1) is 15.0. The molecule has 0 amide bonds. The van der Waals surface area contributed by atoms with Gasteiger partial charge in [0.2, 0.25) is 0 Å². The Morgan fingerprint density at radius 2 is 1.75 bits per heavy atom. The third-order valence-electron chi connectivity index (χ3n) is 2.60. The van der Waals surface area contributed by atoms with Gasteiger partial charge in [-0.25, -0.2) is 0 Å². The lowest BCUT2D eigenvalue weighted by atomic mass is 10.2. The molecule has 0 saturated carbocycles. The first-order valence-corrected chi connectivity index (χ1v) is 7.49. The van der Waals surface area contributed by atoms with E-state index < -0.39 is 4.92 Å². The van der Waals surface area contributed by atoms with E-state index in [1.165, 1.54) is 23.9 Å². The van der Waals surface area contributed by atoms with E-state index >= 15 is 0 Å². The molecule has 0 aliphatic heterocycles. The summed E-state index contributed by atoms with van der Waals surface area (Å²) in [6, 6.07) is 13.9. The third-order valence-corrected chi connectivity index (χ3v) is 4.41. The number of rotatable bonds is 4. The molecule has 0 saturated heterocycles. The largest absolute Gasteiger partial charge is 0.269 e. The number of non-ortho nitro benzene ring substituents is 1. The number of nitro benzene ring substituents is 1. The second-order valence-electron chi connectivity index (χ2n) is 4.01. The molecule has 0 fully saturated rings. The zero-order chi connectivity index (χ0) is 14.5. The molecule has 0 bridgehead atoms. The zero-order valence-electron chi connectivity index (χ0n) is 10.3. The maximum Gasteiger partial charge on any atom is 0.269 e. The van der Waals surface area contributed by atoms with E-state index in [0.29, 0.717) is 10.8 Å². The fraction of sp³-hybridized carbons (Fsp3) is 0.0714. The minimum atomic E-state index is -0.407. The molecule has 0 spiro atoms. The molecule has 0 aliphatic carbocycles. The van der Waals surface area contributed by atoms with Crippen LogP contribution in [0.5, 0.6) is 0 Å². The summed E-state index contributed by atoms with van der Waals surface area (Å²) in [6.45, 7) is 0. The van der Waals surface area contributed by atoms with Crippen LogP contribution in [-0.2, 0) is 5.75 Å². The smallest absolute Gasteiger partial charge is 0.258 e. The van der Waals surface area contributed by atoms with Gasteiger partial charge in [0, 0.05) is 22.9 Å². The highest BCUT2D eigenvalue weighted by molar-refractivity contribution is 8.23. The highest BCUT2D eigenvalue weighted by atomic mass is 35.5. The van der Waals surface area contributed by atoms with Crippen molar-refractivity contribution in [1.82, 2.24) is 0 Å². The molecule has 0 heterocycles. The van der Waals surface area contributed by atoms with Crippen molar-refractivity contribution in [3.8, 4) is 0 Å². The van der Waals surface area contributed by atoms with Gasteiger partial charge < -0.3 is 0 Å². The van der Waals surface area contributed by atoms with Crippen molar-refractivity contribution in [2.45, 2.75) is 5.75 Å². The minimum absolute atomic E-state index is 0.0963. The van der Waals surface area contributed by atoms with Gasteiger partial charge in [-0.15, -0.1) is 11.8 Å². The van der Waals surface area contributed by atoms with Crippen LogP contribution in [0.3, 0.4) is 0 Å². The summed E-state index contributed by atoms with van der Waals surface area (Å²) < 4.78 is 0.778. The lowest BCUT2D eigenvalue weighted by Gasteiger charge is -2.04. The van der Waals surface area contributed by atoms with Crippen LogP contribution in [0, 0.1) is 10.1 Å². The number of benzene rings is 2. The summed E-state index contributed by atoms with van der Waals surface area (Å²) >= 11 is 12.7. The minimum Gasteiger partial charge on any atom is -0.258 e. The average molecular weight is 324 g/mol. The second kappa shape index (κ2) is 6.83.